The molecule has 2 atom stereocenters. The predicted molar refractivity (Wildman–Crippen MR) is 138 cm³/mol. The maximum absolute atomic E-state index is 13.8. The van der Waals surface area contributed by atoms with Gasteiger partial charge in [-0.25, -0.2) is 4.79 Å². The van der Waals surface area contributed by atoms with E-state index in [4.69, 9.17) is 4.74 Å². The van der Waals surface area contributed by atoms with Gasteiger partial charge in [0.15, 0.2) is 0 Å². The van der Waals surface area contributed by atoms with Crippen LogP contribution in [0.1, 0.15) is 62.8 Å². The molecule has 2 unspecified atom stereocenters. The Kier molecular flexibility index (Phi) is 8.74. The van der Waals surface area contributed by atoms with Gasteiger partial charge in [-0.1, -0.05) is 48.5 Å². The van der Waals surface area contributed by atoms with E-state index < -0.39 is 36.3 Å². The predicted octanol–water partition coefficient (Wildman–Crippen LogP) is 4.25. The molecule has 0 heterocycles. The molecule has 0 bridgehead atoms. The number of hydrogen-bond donors (Lipinski definition) is 3. The van der Waals surface area contributed by atoms with Crippen molar-refractivity contribution in [1.29, 1.82) is 0 Å². The molecule has 3 amide bonds. The van der Waals surface area contributed by atoms with E-state index >= 15 is 0 Å². The molecule has 0 aromatic heterocycles. The standard InChI is InChI=1S/C28H37N3O5/c1-18-11-9-12-19(2)23(18)30-25(33)24(20-13-7-6-8-14-20)31(21-15-10-16-21)26(34)22(17-32)29-27(35)36-28(3,4)5/h6-9,11-14,21-22,24,32H,10,15-17H2,1-5H3,(H,29,35)(H,30,33). The normalized spacial score (nSPS) is 15.3. The van der Waals surface area contributed by atoms with Crippen molar-refractivity contribution >= 4 is 23.6 Å². The summed E-state index contributed by atoms with van der Waals surface area (Å²) >= 11 is 0. The van der Waals surface area contributed by atoms with Crippen LogP contribution < -0.4 is 10.6 Å². The maximum Gasteiger partial charge on any atom is 0.408 e. The second kappa shape index (κ2) is 11.6. The zero-order valence-corrected chi connectivity index (χ0v) is 21.7. The first-order valence-corrected chi connectivity index (χ1v) is 12.4. The second-order valence-electron chi connectivity index (χ2n) is 10.3. The molecule has 2 aromatic rings. The summed E-state index contributed by atoms with van der Waals surface area (Å²) in [4.78, 5) is 41.6. The number of nitrogens with zero attached hydrogens (tertiary/aromatic N) is 1. The molecule has 0 saturated heterocycles. The van der Waals surface area contributed by atoms with E-state index in [1.807, 2.05) is 62.4 Å². The number of carbonyl (C=O) groups excluding carboxylic acids is 3. The fourth-order valence-corrected chi connectivity index (χ4v) is 4.27. The lowest BCUT2D eigenvalue weighted by molar-refractivity contribution is -0.146. The summed E-state index contributed by atoms with van der Waals surface area (Å²) < 4.78 is 5.29. The smallest absolute Gasteiger partial charge is 0.408 e. The molecule has 2 aromatic carbocycles. The zero-order valence-electron chi connectivity index (χ0n) is 21.7. The van der Waals surface area contributed by atoms with Gasteiger partial charge in [-0.2, -0.15) is 0 Å². The zero-order chi connectivity index (χ0) is 26.5. The summed E-state index contributed by atoms with van der Waals surface area (Å²) in [7, 11) is 0. The Morgan fingerprint density at radius 3 is 2.14 bits per heavy atom. The van der Waals surface area contributed by atoms with Crippen molar-refractivity contribution in [1.82, 2.24) is 10.2 Å². The van der Waals surface area contributed by atoms with Crippen LogP contribution in [0, 0.1) is 13.8 Å². The van der Waals surface area contributed by atoms with Crippen LogP contribution in [0.3, 0.4) is 0 Å². The highest BCUT2D eigenvalue weighted by Gasteiger charge is 2.42. The van der Waals surface area contributed by atoms with Gasteiger partial charge in [-0.3, -0.25) is 9.59 Å². The molecule has 194 valence electrons. The van der Waals surface area contributed by atoms with Gasteiger partial charge in [0.2, 0.25) is 5.91 Å². The van der Waals surface area contributed by atoms with E-state index in [1.165, 1.54) is 4.90 Å². The van der Waals surface area contributed by atoms with Crippen molar-refractivity contribution in [2.45, 2.75) is 77.6 Å². The molecule has 36 heavy (non-hydrogen) atoms. The molecule has 0 spiro atoms. The van der Waals surface area contributed by atoms with Crippen LogP contribution in [-0.4, -0.2) is 52.2 Å². The van der Waals surface area contributed by atoms with Crippen molar-refractivity contribution in [3.05, 3.63) is 65.2 Å². The number of aliphatic hydroxyl groups excluding tert-OH is 1. The van der Waals surface area contributed by atoms with Crippen LogP contribution in [-0.2, 0) is 14.3 Å². The Labute approximate surface area is 213 Å². The molecule has 8 heteroatoms. The average Bonchev–Trinajstić information content (AvgIpc) is 2.77. The first kappa shape index (κ1) is 27.2. The highest BCUT2D eigenvalue weighted by molar-refractivity contribution is 6.00. The number of aryl methyl sites for hydroxylation is 2. The lowest BCUT2D eigenvalue weighted by Crippen LogP contribution is -2.58. The average molecular weight is 496 g/mol. The summed E-state index contributed by atoms with van der Waals surface area (Å²) in [5.74, 6) is -0.883. The number of anilines is 1. The largest absolute Gasteiger partial charge is 0.444 e. The van der Waals surface area contributed by atoms with E-state index in [1.54, 1.807) is 20.8 Å². The van der Waals surface area contributed by atoms with Gasteiger partial charge in [0.25, 0.3) is 5.91 Å². The van der Waals surface area contributed by atoms with Gasteiger partial charge in [0.1, 0.15) is 17.7 Å². The molecule has 1 saturated carbocycles. The third-order valence-corrected chi connectivity index (χ3v) is 6.27. The van der Waals surface area contributed by atoms with Crippen molar-refractivity contribution in [3.8, 4) is 0 Å². The van der Waals surface area contributed by atoms with Gasteiger partial charge in [-0.15, -0.1) is 0 Å². The Bertz CT molecular complexity index is 1060. The Morgan fingerprint density at radius 2 is 1.64 bits per heavy atom. The first-order valence-electron chi connectivity index (χ1n) is 12.4. The molecule has 1 aliphatic rings. The Morgan fingerprint density at radius 1 is 1.03 bits per heavy atom. The molecule has 8 nitrogen and oxygen atoms in total. The topological polar surface area (TPSA) is 108 Å². The maximum atomic E-state index is 13.8. The van der Waals surface area contributed by atoms with E-state index in [0.717, 1.165) is 30.4 Å². The van der Waals surface area contributed by atoms with Gasteiger partial charge in [0.05, 0.1) is 6.61 Å². The Balaban J connectivity index is 1.97. The number of aliphatic hydroxyl groups is 1. The highest BCUT2D eigenvalue weighted by Crippen LogP contribution is 2.34. The number of carbonyl (C=O) groups is 3. The summed E-state index contributed by atoms with van der Waals surface area (Å²) in [5, 5.41) is 15.6. The van der Waals surface area contributed by atoms with Crippen molar-refractivity contribution in [2.75, 3.05) is 11.9 Å². The van der Waals surface area contributed by atoms with Crippen LogP contribution in [0.5, 0.6) is 0 Å². The van der Waals surface area contributed by atoms with Gasteiger partial charge in [0, 0.05) is 11.7 Å². The fraction of sp³-hybridized carbons (Fsp3) is 0.464. The van der Waals surface area contributed by atoms with Gasteiger partial charge < -0.3 is 25.4 Å². The number of rotatable bonds is 8. The van der Waals surface area contributed by atoms with E-state index in [0.29, 0.717) is 11.3 Å². The van der Waals surface area contributed by atoms with Crippen LogP contribution in [0.15, 0.2) is 48.5 Å². The molecule has 0 aliphatic heterocycles. The monoisotopic (exact) mass is 495 g/mol. The highest BCUT2D eigenvalue weighted by atomic mass is 16.6. The van der Waals surface area contributed by atoms with Crippen LogP contribution in [0.2, 0.25) is 0 Å². The lowest BCUT2D eigenvalue weighted by Gasteiger charge is -2.43. The number of hydrogen-bond acceptors (Lipinski definition) is 5. The lowest BCUT2D eigenvalue weighted by atomic mass is 9.88. The number of nitrogens with one attached hydrogen (secondary N) is 2. The Hall–Kier alpha value is -3.39. The van der Waals surface area contributed by atoms with Crippen molar-refractivity contribution in [2.24, 2.45) is 0 Å². The number of benzene rings is 2. The molecular weight excluding hydrogens is 458 g/mol. The van der Waals surface area contributed by atoms with E-state index in [2.05, 4.69) is 10.6 Å². The van der Waals surface area contributed by atoms with Crippen LogP contribution in [0.25, 0.3) is 0 Å². The molecule has 0 radical (unpaired) electrons. The molecule has 3 rings (SSSR count). The second-order valence-corrected chi connectivity index (χ2v) is 10.3. The van der Waals surface area contributed by atoms with Gasteiger partial charge >= 0.3 is 6.09 Å². The van der Waals surface area contributed by atoms with Crippen LogP contribution in [0.4, 0.5) is 10.5 Å². The number of alkyl carbamates (subject to hydrolysis) is 1. The summed E-state index contributed by atoms with van der Waals surface area (Å²) in [6.07, 6.45) is 1.59. The number of para-hydroxylation sites is 1. The van der Waals surface area contributed by atoms with Crippen LogP contribution >= 0.6 is 0 Å². The van der Waals surface area contributed by atoms with E-state index in [9.17, 15) is 19.5 Å². The summed E-state index contributed by atoms with van der Waals surface area (Å²) in [6.45, 7) is 8.36. The third-order valence-electron chi connectivity index (χ3n) is 6.27. The molecular formula is C28H37N3O5. The SMILES string of the molecule is Cc1cccc(C)c1NC(=O)C(c1ccccc1)N(C(=O)C(CO)NC(=O)OC(C)(C)C)C1CCC1. The first-order chi connectivity index (χ1) is 17.0. The molecule has 1 fully saturated rings. The quantitative estimate of drug-likeness (QED) is 0.507. The minimum atomic E-state index is -1.25. The van der Waals surface area contributed by atoms with E-state index in [-0.39, 0.29) is 11.9 Å². The third kappa shape index (κ3) is 6.63. The van der Waals surface area contributed by atoms with Crippen molar-refractivity contribution in [3.63, 3.8) is 0 Å². The summed E-state index contributed by atoms with van der Waals surface area (Å²) in [5.41, 5.74) is 2.41. The minimum absolute atomic E-state index is 0.194. The van der Waals surface area contributed by atoms with Crippen molar-refractivity contribution < 1.29 is 24.2 Å². The fourth-order valence-electron chi connectivity index (χ4n) is 4.27. The minimum Gasteiger partial charge on any atom is -0.444 e. The molecule has 3 N–H and O–H groups in total. The number of ether oxygens (including phenoxy) is 1. The van der Waals surface area contributed by atoms with Gasteiger partial charge in [-0.05, 0) is 70.6 Å². The summed E-state index contributed by atoms with van der Waals surface area (Å²) in [6, 6.07) is 12.5. The number of amides is 3. The molecule has 1 aliphatic carbocycles.